The molecule has 0 spiro atoms. The zero-order chi connectivity index (χ0) is 19.1. The highest BCUT2D eigenvalue weighted by Crippen LogP contribution is 2.21. The first-order valence-electron chi connectivity index (χ1n) is 8.53. The molecule has 27 heavy (non-hydrogen) atoms. The number of aromatic nitrogens is 4. The Morgan fingerprint density at radius 2 is 1.70 bits per heavy atom. The number of nitrogens with zero attached hydrogens (tertiary/aromatic N) is 4. The lowest BCUT2D eigenvalue weighted by molar-refractivity contribution is -0.118. The van der Waals surface area contributed by atoms with Crippen LogP contribution in [0.15, 0.2) is 30.3 Å². The second-order valence-corrected chi connectivity index (χ2v) is 8.08. The molecule has 4 N–H and O–H groups in total. The Morgan fingerprint density at radius 3 is 2.37 bits per heavy atom. The van der Waals surface area contributed by atoms with Crippen molar-refractivity contribution in [3.05, 3.63) is 45.9 Å². The SMILES string of the molecule is Nc1nnc(CCCCc2nnc(NC(=O)C[C@@H](O)c3ccccc3)s2)s1. The van der Waals surface area contributed by atoms with Gasteiger partial charge in [0.05, 0.1) is 12.5 Å². The summed E-state index contributed by atoms with van der Waals surface area (Å²) in [7, 11) is 0. The van der Waals surface area contributed by atoms with Crippen LogP contribution in [-0.2, 0) is 17.6 Å². The number of carbonyl (C=O) groups is 1. The molecule has 0 unspecified atom stereocenters. The molecule has 1 atom stereocenters. The second-order valence-electron chi connectivity index (χ2n) is 5.92. The van der Waals surface area contributed by atoms with Crippen LogP contribution in [0.2, 0.25) is 0 Å². The van der Waals surface area contributed by atoms with Crippen molar-refractivity contribution in [1.82, 2.24) is 20.4 Å². The molecule has 2 aromatic heterocycles. The number of aryl methyl sites for hydroxylation is 2. The number of anilines is 2. The van der Waals surface area contributed by atoms with E-state index in [1.165, 1.54) is 22.7 Å². The fraction of sp³-hybridized carbons (Fsp3) is 0.353. The van der Waals surface area contributed by atoms with Gasteiger partial charge in [-0.25, -0.2) is 0 Å². The second kappa shape index (κ2) is 9.49. The predicted octanol–water partition coefficient (Wildman–Crippen LogP) is 2.60. The highest BCUT2D eigenvalue weighted by Gasteiger charge is 2.14. The summed E-state index contributed by atoms with van der Waals surface area (Å²) in [5.74, 6) is -0.289. The Labute approximate surface area is 164 Å². The van der Waals surface area contributed by atoms with Crippen molar-refractivity contribution in [3.63, 3.8) is 0 Å². The van der Waals surface area contributed by atoms with E-state index >= 15 is 0 Å². The average molecular weight is 405 g/mol. The highest BCUT2D eigenvalue weighted by atomic mass is 32.1. The van der Waals surface area contributed by atoms with Crippen LogP contribution in [0.25, 0.3) is 0 Å². The summed E-state index contributed by atoms with van der Waals surface area (Å²) >= 11 is 2.76. The maximum Gasteiger partial charge on any atom is 0.229 e. The van der Waals surface area contributed by atoms with E-state index in [-0.39, 0.29) is 12.3 Å². The Morgan fingerprint density at radius 1 is 1.04 bits per heavy atom. The maximum absolute atomic E-state index is 12.1. The molecule has 3 aromatic rings. The predicted molar refractivity (Wildman–Crippen MR) is 106 cm³/mol. The molecule has 8 nitrogen and oxygen atoms in total. The smallest absolute Gasteiger partial charge is 0.229 e. The molecule has 0 aliphatic rings. The van der Waals surface area contributed by atoms with Crippen LogP contribution in [0, 0.1) is 0 Å². The van der Waals surface area contributed by atoms with Crippen molar-refractivity contribution >= 4 is 38.8 Å². The molecular formula is C17H20N6O2S2. The first-order valence-corrected chi connectivity index (χ1v) is 10.2. The third-order valence-corrected chi connectivity index (χ3v) is 5.50. The van der Waals surface area contributed by atoms with Crippen molar-refractivity contribution in [2.24, 2.45) is 0 Å². The van der Waals surface area contributed by atoms with Gasteiger partial charge in [0.25, 0.3) is 0 Å². The summed E-state index contributed by atoms with van der Waals surface area (Å²) in [4.78, 5) is 12.1. The molecule has 10 heteroatoms. The number of benzene rings is 1. The summed E-state index contributed by atoms with van der Waals surface area (Å²) in [5, 5.41) is 31.4. The molecule has 0 aliphatic carbocycles. The molecule has 2 heterocycles. The van der Waals surface area contributed by atoms with Crippen LogP contribution in [0.3, 0.4) is 0 Å². The number of amides is 1. The summed E-state index contributed by atoms with van der Waals surface area (Å²) in [5.41, 5.74) is 6.27. The Bertz CT molecular complexity index is 867. The van der Waals surface area contributed by atoms with E-state index in [1.54, 1.807) is 12.1 Å². The van der Waals surface area contributed by atoms with Gasteiger partial charge in [0, 0.05) is 12.8 Å². The van der Waals surface area contributed by atoms with Gasteiger partial charge in [-0.2, -0.15) is 0 Å². The molecule has 1 amide bonds. The molecule has 0 aliphatic heterocycles. The van der Waals surface area contributed by atoms with Crippen molar-refractivity contribution in [2.45, 2.75) is 38.2 Å². The fourth-order valence-electron chi connectivity index (χ4n) is 2.46. The number of aliphatic hydroxyl groups excluding tert-OH is 1. The van der Waals surface area contributed by atoms with E-state index in [2.05, 4.69) is 25.7 Å². The zero-order valence-corrected chi connectivity index (χ0v) is 16.2. The lowest BCUT2D eigenvalue weighted by atomic mass is 10.1. The van der Waals surface area contributed by atoms with Crippen LogP contribution in [-0.4, -0.2) is 31.4 Å². The van der Waals surface area contributed by atoms with E-state index in [1.807, 2.05) is 18.2 Å². The Balaban J connectivity index is 1.40. The van der Waals surface area contributed by atoms with Gasteiger partial charge in [0.1, 0.15) is 10.0 Å². The van der Waals surface area contributed by atoms with Gasteiger partial charge in [-0.1, -0.05) is 53.0 Å². The molecule has 0 saturated heterocycles. The minimum Gasteiger partial charge on any atom is -0.388 e. The number of rotatable bonds is 9. The van der Waals surface area contributed by atoms with Gasteiger partial charge in [-0.05, 0) is 18.4 Å². The zero-order valence-electron chi connectivity index (χ0n) is 14.5. The number of hydrogen-bond acceptors (Lipinski definition) is 9. The molecule has 0 radical (unpaired) electrons. The van der Waals surface area contributed by atoms with Gasteiger partial charge in [0.15, 0.2) is 0 Å². The molecule has 142 valence electrons. The average Bonchev–Trinajstić information content (AvgIpc) is 3.28. The Kier molecular flexibility index (Phi) is 6.80. The fourth-order valence-corrected chi connectivity index (χ4v) is 3.91. The molecule has 0 saturated carbocycles. The van der Waals surface area contributed by atoms with E-state index in [0.717, 1.165) is 35.7 Å². The van der Waals surface area contributed by atoms with Gasteiger partial charge in [0.2, 0.25) is 16.2 Å². The monoisotopic (exact) mass is 404 g/mol. The third-order valence-electron chi connectivity index (χ3n) is 3.79. The molecule has 3 rings (SSSR count). The number of aliphatic hydroxyl groups is 1. The van der Waals surface area contributed by atoms with Crippen LogP contribution in [0.1, 0.15) is 40.9 Å². The number of carbonyl (C=O) groups excluding carboxylic acids is 1. The van der Waals surface area contributed by atoms with E-state index < -0.39 is 6.10 Å². The van der Waals surface area contributed by atoms with Crippen LogP contribution in [0.4, 0.5) is 10.3 Å². The number of nitrogens with two attached hydrogens (primary N) is 1. The number of nitrogens with one attached hydrogen (secondary N) is 1. The van der Waals surface area contributed by atoms with Crippen molar-refractivity contribution in [1.29, 1.82) is 0 Å². The molecule has 0 fully saturated rings. The highest BCUT2D eigenvalue weighted by molar-refractivity contribution is 7.15. The van der Waals surface area contributed by atoms with Crippen LogP contribution >= 0.6 is 22.7 Å². The lowest BCUT2D eigenvalue weighted by Gasteiger charge is -2.09. The topological polar surface area (TPSA) is 127 Å². The van der Waals surface area contributed by atoms with Gasteiger partial charge in [-0.15, -0.1) is 20.4 Å². The summed E-state index contributed by atoms with van der Waals surface area (Å²) in [6, 6.07) is 9.09. The number of nitrogen functional groups attached to an aromatic ring is 1. The van der Waals surface area contributed by atoms with Crippen molar-refractivity contribution in [3.8, 4) is 0 Å². The van der Waals surface area contributed by atoms with Crippen LogP contribution in [0.5, 0.6) is 0 Å². The standard InChI is InChI=1S/C17H20N6O2S2/c18-16-22-20-14(26-16)8-4-5-9-15-21-23-17(27-15)19-13(25)10-12(24)11-6-2-1-3-7-11/h1-3,6-7,12,24H,4-5,8-10H2,(H2,18,22)(H,19,23,25)/t12-/m1/s1. The van der Waals surface area contributed by atoms with Crippen molar-refractivity contribution in [2.75, 3.05) is 11.1 Å². The molecular weight excluding hydrogens is 384 g/mol. The van der Waals surface area contributed by atoms with Crippen molar-refractivity contribution < 1.29 is 9.90 Å². The van der Waals surface area contributed by atoms with E-state index in [4.69, 9.17) is 5.73 Å². The van der Waals surface area contributed by atoms with Crippen LogP contribution < -0.4 is 11.1 Å². The third kappa shape index (κ3) is 6.05. The minimum atomic E-state index is -0.840. The van der Waals surface area contributed by atoms with E-state index in [0.29, 0.717) is 15.8 Å². The summed E-state index contributed by atoms with van der Waals surface area (Å²) in [6.07, 6.45) is 2.66. The molecule has 0 bridgehead atoms. The minimum absolute atomic E-state index is 0.0239. The first kappa shape index (κ1) is 19.3. The molecule has 1 aromatic carbocycles. The van der Waals surface area contributed by atoms with Gasteiger partial charge >= 0.3 is 0 Å². The number of hydrogen-bond donors (Lipinski definition) is 3. The lowest BCUT2D eigenvalue weighted by Crippen LogP contribution is -2.15. The first-order chi connectivity index (χ1) is 13.1. The maximum atomic E-state index is 12.1. The summed E-state index contributed by atoms with van der Waals surface area (Å²) < 4.78 is 0. The normalized spacial score (nSPS) is 12.0. The largest absolute Gasteiger partial charge is 0.388 e. The van der Waals surface area contributed by atoms with Gasteiger partial charge < -0.3 is 16.2 Å². The quantitative estimate of drug-likeness (QED) is 0.468. The Hall–Kier alpha value is -2.43. The number of unbranched alkanes of at least 4 members (excludes halogenated alkanes) is 1. The van der Waals surface area contributed by atoms with E-state index in [9.17, 15) is 9.90 Å². The summed E-state index contributed by atoms with van der Waals surface area (Å²) in [6.45, 7) is 0. The van der Waals surface area contributed by atoms with Gasteiger partial charge in [-0.3, -0.25) is 4.79 Å².